The molecule has 1 heterocycles. The fraction of sp³-hybridized carbons (Fsp3) is 0.300. The van der Waals surface area contributed by atoms with E-state index in [9.17, 15) is 4.79 Å². The van der Waals surface area contributed by atoms with E-state index in [4.69, 9.17) is 4.74 Å². The molecule has 0 N–H and O–H groups in total. The van der Waals surface area contributed by atoms with Crippen LogP contribution < -0.4 is 4.90 Å². The van der Waals surface area contributed by atoms with Crippen molar-refractivity contribution in [3.63, 3.8) is 0 Å². The number of hydrogen-bond donors (Lipinski definition) is 0. The van der Waals surface area contributed by atoms with Crippen LogP contribution in [0.5, 0.6) is 0 Å². The van der Waals surface area contributed by atoms with E-state index in [-0.39, 0.29) is 5.91 Å². The second-order valence-corrected chi connectivity index (χ2v) is 4.02. The Labute approximate surface area is 90.8 Å². The third-order valence-corrected chi connectivity index (χ3v) is 2.88. The minimum Gasteiger partial charge on any atom is -0.364 e. The quantitative estimate of drug-likeness (QED) is 0.809. The molecule has 4 heteroatoms. The monoisotopic (exact) mass is 255 g/mol. The normalized spacial score (nSPS) is 14.7. The van der Waals surface area contributed by atoms with Crippen LogP contribution in [0.1, 0.15) is 5.56 Å². The lowest BCUT2D eigenvalue weighted by Crippen LogP contribution is -2.28. The van der Waals surface area contributed by atoms with Crippen molar-refractivity contribution in [3.05, 3.63) is 28.2 Å². The molecule has 1 amide bonds. The highest BCUT2D eigenvalue weighted by atomic mass is 79.9. The number of anilines is 1. The molecule has 74 valence electrons. The Bertz CT molecular complexity index is 378. The van der Waals surface area contributed by atoms with Gasteiger partial charge >= 0.3 is 0 Å². The fourth-order valence-corrected chi connectivity index (χ4v) is 2.27. The van der Waals surface area contributed by atoms with E-state index in [1.165, 1.54) is 0 Å². The highest BCUT2D eigenvalue weighted by molar-refractivity contribution is 9.10. The third kappa shape index (κ3) is 1.44. The molecule has 1 aliphatic rings. The first-order valence-electron chi connectivity index (χ1n) is 4.30. The van der Waals surface area contributed by atoms with Gasteiger partial charge in [0, 0.05) is 11.6 Å². The molecule has 1 aliphatic heterocycles. The van der Waals surface area contributed by atoms with Crippen LogP contribution in [-0.2, 0) is 16.0 Å². The van der Waals surface area contributed by atoms with Gasteiger partial charge in [-0.15, -0.1) is 0 Å². The van der Waals surface area contributed by atoms with Gasteiger partial charge in [-0.05, 0) is 27.6 Å². The third-order valence-electron chi connectivity index (χ3n) is 2.24. The molecule has 0 aliphatic carbocycles. The highest BCUT2D eigenvalue weighted by Crippen LogP contribution is 2.35. The molecule has 2 rings (SSSR count). The molecule has 0 atom stereocenters. The van der Waals surface area contributed by atoms with Gasteiger partial charge in [-0.1, -0.05) is 12.1 Å². The van der Waals surface area contributed by atoms with Gasteiger partial charge < -0.3 is 4.74 Å². The second-order valence-electron chi connectivity index (χ2n) is 3.16. The van der Waals surface area contributed by atoms with Crippen molar-refractivity contribution < 1.29 is 9.53 Å². The van der Waals surface area contributed by atoms with Gasteiger partial charge in [-0.3, -0.25) is 9.69 Å². The van der Waals surface area contributed by atoms with Gasteiger partial charge in [-0.25, -0.2) is 0 Å². The standard InChI is InChI=1S/C10H10BrNO2/c1-14-6-12-9(13)5-7-3-2-4-8(11)10(7)12/h2-4H,5-6H2,1H3. The fourth-order valence-electron chi connectivity index (χ4n) is 1.65. The average molecular weight is 256 g/mol. The summed E-state index contributed by atoms with van der Waals surface area (Å²) in [5.74, 6) is 0.0914. The summed E-state index contributed by atoms with van der Waals surface area (Å²) in [7, 11) is 1.59. The van der Waals surface area contributed by atoms with Gasteiger partial charge in [0.15, 0.2) is 0 Å². The Kier molecular flexibility index (Phi) is 2.56. The second kappa shape index (κ2) is 3.71. The number of para-hydroxylation sites is 1. The largest absolute Gasteiger partial charge is 0.364 e. The van der Waals surface area contributed by atoms with Crippen LogP contribution in [0.15, 0.2) is 22.7 Å². The highest BCUT2D eigenvalue weighted by Gasteiger charge is 2.28. The first-order chi connectivity index (χ1) is 6.74. The summed E-state index contributed by atoms with van der Waals surface area (Å²) in [6.45, 7) is 0.314. The molecule has 0 spiro atoms. The zero-order chi connectivity index (χ0) is 10.1. The number of ether oxygens (including phenoxy) is 1. The maximum absolute atomic E-state index is 11.6. The molecule has 0 saturated heterocycles. The van der Waals surface area contributed by atoms with Crippen LogP contribution >= 0.6 is 15.9 Å². The molecule has 3 nitrogen and oxygen atoms in total. The van der Waals surface area contributed by atoms with E-state index < -0.39 is 0 Å². The molecule has 0 saturated carbocycles. The molecule has 1 aromatic rings. The van der Waals surface area contributed by atoms with Gasteiger partial charge in [0.2, 0.25) is 5.91 Å². The summed E-state index contributed by atoms with van der Waals surface area (Å²) in [6, 6.07) is 5.83. The maximum atomic E-state index is 11.6. The number of halogens is 1. The lowest BCUT2D eigenvalue weighted by molar-refractivity contribution is -0.118. The molecule has 0 bridgehead atoms. The van der Waals surface area contributed by atoms with Gasteiger partial charge in [-0.2, -0.15) is 0 Å². The summed E-state index contributed by atoms with van der Waals surface area (Å²) < 4.78 is 5.93. The number of rotatable bonds is 2. The number of carbonyl (C=O) groups is 1. The van der Waals surface area contributed by atoms with E-state index in [2.05, 4.69) is 15.9 Å². The Morgan fingerprint density at radius 2 is 2.36 bits per heavy atom. The van der Waals surface area contributed by atoms with E-state index in [0.717, 1.165) is 15.7 Å². The molecule has 0 aromatic heterocycles. The van der Waals surface area contributed by atoms with Crippen molar-refractivity contribution in [1.29, 1.82) is 0 Å². The van der Waals surface area contributed by atoms with Crippen molar-refractivity contribution in [1.82, 2.24) is 0 Å². The maximum Gasteiger partial charge on any atom is 0.233 e. The predicted octanol–water partition coefficient (Wildman–Crippen LogP) is 1.94. The number of amides is 1. The summed E-state index contributed by atoms with van der Waals surface area (Å²) in [6.07, 6.45) is 0.470. The molecule has 0 fully saturated rings. The molecule has 0 radical (unpaired) electrons. The van der Waals surface area contributed by atoms with Crippen molar-refractivity contribution in [2.75, 3.05) is 18.7 Å². The van der Waals surface area contributed by atoms with Crippen molar-refractivity contribution in [3.8, 4) is 0 Å². The molecular formula is C10H10BrNO2. The zero-order valence-corrected chi connectivity index (χ0v) is 9.37. The number of hydrogen-bond acceptors (Lipinski definition) is 2. The van der Waals surface area contributed by atoms with Gasteiger partial charge in [0.25, 0.3) is 0 Å². The van der Waals surface area contributed by atoms with Crippen LogP contribution in [0, 0.1) is 0 Å². The summed E-state index contributed by atoms with van der Waals surface area (Å²) in [5.41, 5.74) is 2.00. The number of fused-ring (bicyclic) bond motifs is 1. The van der Waals surface area contributed by atoms with Crippen molar-refractivity contribution >= 4 is 27.5 Å². The Morgan fingerprint density at radius 3 is 3.07 bits per heavy atom. The summed E-state index contributed by atoms with van der Waals surface area (Å²) in [4.78, 5) is 13.3. The van der Waals surface area contributed by atoms with E-state index in [1.54, 1.807) is 12.0 Å². The minimum absolute atomic E-state index is 0.0914. The lowest BCUT2D eigenvalue weighted by atomic mass is 10.2. The Hall–Kier alpha value is -0.870. The summed E-state index contributed by atoms with van der Waals surface area (Å²) >= 11 is 3.44. The smallest absolute Gasteiger partial charge is 0.233 e. The van der Waals surface area contributed by atoms with Crippen LogP contribution in [-0.4, -0.2) is 19.7 Å². The number of nitrogens with zero attached hydrogens (tertiary/aromatic N) is 1. The lowest BCUT2D eigenvalue weighted by Gasteiger charge is -2.17. The van der Waals surface area contributed by atoms with Crippen LogP contribution in [0.3, 0.4) is 0 Å². The molecular weight excluding hydrogens is 246 g/mol. The first-order valence-corrected chi connectivity index (χ1v) is 5.10. The van der Waals surface area contributed by atoms with Crippen LogP contribution in [0.25, 0.3) is 0 Å². The average Bonchev–Trinajstić information content (AvgIpc) is 2.45. The minimum atomic E-state index is 0.0914. The Morgan fingerprint density at radius 1 is 1.57 bits per heavy atom. The number of benzene rings is 1. The van der Waals surface area contributed by atoms with E-state index in [0.29, 0.717) is 13.2 Å². The zero-order valence-electron chi connectivity index (χ0n) is 7.79. The van der Waals surface area contributed by atoms with Crippen molar-refractivity contribution in [2.24, 2.45) is 0 Å². The molecule has 14 heavy (non-hydrogen) atoms. The predicted molar refractivity (Wildman–Crippen MR) is 57.2 cm³/mol. The number of methoxy groups -OCH3 is 1. The van der Waals surface area contributed by atoms with Crippen molar-refractivity contribution in [2.45, 2.75) is 6.42 Å². The summed E-state index contributed by atoms with van der Waals surface area (Å²) in [5, 5.41) is 0. The Balaban J connectivity index is 2.44. The SMILES string of the molecule is COCN1C(=O)Cc2cccc(Br)c21. The molecule has 1 aromatic carbocycles. The topological polar surface area (TPSA) is 29.5 Å². The first kappa shape index (κ1) is 9.68. The van der Waals surface area contributed by atoms with Crippen LogP contribution in [0.2, 0.25) is 0 Å². The van der Waals surface area contributed by atoms with E-state index in [1.807, 2.05) is 18.2 Å². The number of carbonyl (C=O) groups excluding carboxylic acids is 1. The van der Waals surface area contributed by atoms with Crippen LogP contribution in [0.4, 0.5) is 5.69 Å². The molecule has 0 unspecified atom stereocenters. The van der Waals surface area contributed by atoms with Gasteiger partial charge in [0.05, 0.1) is 12.1 Å². The van der Waals surface area contributed by atoms with Gasteiger partial charge in [0.1, 0.15) is 6.73 Å². The van der Waals surface area contributed by atoms with E-state index >= 15 is 0 Å².